The van der Waals surface area contributed by atoms with E-state index in [1.54, 1.807) is 25.1 Å². The average Bonchev–Trinajstić information content (AvgIpc) is 3.45. The predicted octanol–water partition coefficient (Wildman–Crippen LogP) is 4.55. The lowest BCUT2D eigenvalue weighted by molar-refractivity contribution is -0.123. The number of carbonyl (C=O) groups excluding carboxylic acids is 2. The van der Waals surface area contributed by atoms with Crippen molar-refractivity contribution in [1.29, 1.82) is 0 Å². The first-order valence-electron chi connectivity index (χ1n) is 10.4. The topological polar surface area (TPSA) is 72.4 Å². The summed E-state index contributed by atoms with van der Waals surface area (Å²) < 4.78 is 21.2. The molecule has 0 bridgehead atoms. The molecule has 1 aliphatic rings. The van der Waals surface area contributed by atoms with Crippen LogP contribution in [0.5, 0.6) is 5.75 Å². The number of nitrogens with zero attached hydrogens (tertiary/aromatic N) is 1. The van der Waals surface area contributed by atoms with Gasteiger partial charge in [-0.15, -0.1) is 23.5 Å². The second kappa shape index (κ2) is 10.4. The van der Waals surface area contributed by atoms with Gasteiger partial charge in [0, 0.05) is 34.1 Å². The maximum Gasteiger partial charge on any atom is 0.276 e. The van der Waals surface area contributed by atoms with Crippen molar-refractivity contribution >= 4 is 35.3 Å². The molecule has 1 saturated heterocycles. The van der Waals surface area contributed by atoms with Gasteiger partial charge in [-0.2, -0.15) is 0 Å². The van der Waals surface area contributed by atoms with Crippen molar-refractivity contribution in [3.63, 3.8) is 0 Å². The van der Waals surface area contributed by atoms with E-state index in [2.05, 4.69) is 10.9 Å². The molecule has 0 radical (unpaired) electrons. The van der Waals surface area contributed by atoms with Crippen LogP contribution in [-0.4, -0.2) is 34.5 Å². The largest absolute Gasteiger partial charge is 0.483 e. The fraction of sp³-hybridized carbons (Fsp3) is 0.250. The first-order valence-corrected chi connectivity index (χ1v) is 12.5. The van der Waals surface area contributed by atoms with E-state index in [0.29, 0.717) is 21.6 Å². The number of rotatable bonds is 6. The number of para-hydroxylation sites is 1. The van der Waals surface area contributed by atoms with Gasteiger partial charge in [0.05, 0.1) is 10.1 Å². The lowest BCUT2D eigenvalue weighted by Crippen LogP contribution is -2.44. The molecular weight excluding hydrogens is 461 g/mol. The van der Waals surface area contributed by atoms with Crippen LogP contribution in [-0.2, 0) is 4.79 Å². The molecule has 1 aliphatic heterocycles. The molecule has 0 saturated carbocycles. The highest BCUT2D eigenvalue weighted by atomic mass is 32.2. The second-order valence-electron chi connectivity index (χ2n) is 7.50. The Balaban J connectivity index is 1.35. The molecule has 9 heteroatoms. The monoisotopic (exact) mass is 485 g/mol. The van der Waals surface area contributed by atoms with Crippen LogP contribution < -0.4 is 15.6 Å². The number of benzene rings is 2. The Morgan fingerprint density at radius 3 is 2.48 bits per heavy atom. The Hall–Kier alpha value is -2.91. The molecule has 3 aromatic rings. The minimum atomic E-state index is -0.461. The Morgan fingerprint density at radius 2 is 1.76 bits per heavy atom. The summed E-state index contributed by atoms with van der Waals surface area (Å²) >= 11 is 3.73. The zero-order valence-electron chi connectivity index (χ0n) is 18.3. The molecule has 0 aliphatic carbocycles. The summed E-state index contributed by atoms with van der Waals surface area (Å²) in [6.07, 6.45) is 0. The molecule has 2 aromatic carbocycles. The number of amides is 2. The van der Waals surface area contributed by atoms with E-state index in [-0.39, 0.29) is 12.4 Å². The third-order valence-electron chi connectivity index (χ3n) is 5.23. The smallest absolute Gasteiger partial charge is 0.276 e. The number of aromatic nitrogens is 1. The predicted molar refractivity (Wildman–Crippen MR) is 130 cm³/mol. The zero-order chi connectivity index (χ0) is 23.4. The van der Waals surface area contributed by atoms with Crippen molar-refractivity contribution in [2.75, 3.05) is 18.1 Å². The van der Waals surface area contributed by atoms with Crippen molar-refractivity contribution < 1.29 is 18.7 Å². The summed E-state index contributed by atoms with van der Waals surface area (Å²) in [4.78, 5) is 25.0. The highest BCUT2D eigenvalue weighted by molar-refractivity contribution is 8.19. The summed E-state index contributed by atoms with van der Waals surface area (Å²) in [5.74, 6) is 1.64. The molecular formula is C24H24FN3O3S2. The minimum Gasteiger partial charge on any atom is -0.483 e. The van der Waals surface area contributed by atoms with E-state index in [1.807, 2.05) is 59.3 Å². The minimum absolute atomic E-state index is 0.214. The number of ether oxygens (including phenoxy) is 1. The molecule has 6 nitrogen and oxygen atoms in total. The quantitative estimate of drug-likeness (QED) is 0.501. The Kier molecular flexibility index (Phi) is 7.29. The molecule has 0 unspecified atom stereocenters. The molecule has 4 rings (SSSR count). The van der Waals surface area contributed by atoms with E-state index in [0.717, 1.165) is 28.5 Å². The van der Waals surface area contributed by atoms with Crippen molar-refractivity contribution in [3.05, 3.63) is 82.9 Å². The van der Waals surface area contributed by atoms with Gasteiger partial charge in [-0.05, 0) is 50.2 Å². The molecule has 1 fully saturated rings. The number of thioether (sulfide) groups is 2. The first kappa shape index (κ1) is 23.3. The molecule has 0 spiro atoms. The van der Waals surface area contributed by atoms with Crippen LogP contribution in [0.4, 0.5) is 4.39 Å². The lowest BCUT2D eigenvalue weighted by Gasteiger charge is -2.15. The Bertz CT molecular complexity index is 1160. The van der Waals surface area contributed by atoms with Crippen LogP contribution in [0.25, 0.3) is 5.69 Å². The number of hydrogen-bond donors (Lipinski definition) is 2. The van der Waals surface area contributed by atoms with Crippen LogP contribution in [0.2, 0.25) is 0 Å². The van der Waals surface area contributed by atoms with Gasteiger partial charge in [0.1, 0.15) is 11.6 Å². The third-order valence-corrected chi connectivity index (χ3v) is 8.30. The van der Waals surface area contributed by atoms with Gasteiger partial charge in [0.2, 0.25) is 0 Å². The maximum atomic E-state index is 13.3. The van der Waals surface area contributed by atoms with Gasteiger partial charge < -0.3 is 9.30 Å². The third kappa shape index (κ3) is 5.36. The number of aryl methyl sites for hydroxylation is 1. The number of hydrazine groups is 1. The number of nitrogens with one attached hydrogen (secondary N) is 2. The van der Waals surface area contributed by atoms with E-state index in [9.17, 15) is 14.0 Å². The van der Waals surface area contributed by atoms with Crippen LogP contribution in [0.3, 0.4) is 0 Å². The molecule has 172 valence electrons. The maximum absolute atomic E-state index is 13.3. The molecule has 1 aromatic heterocycles. The number of hydrogen-bond acceptors (Lipinski definition) is 5. The highest BCUT2D eigenvalue weighted by Gasteiger charge is 2.22. The first-order chi connectivity index (χ1) is 15.9. The molecule has 2 N–H and O–H groups in total. The van der Waals surface area contributed by atoms with Gasteiger partial charge in [0.15, 0.2) is 6.61 Å². The van der Waals surface area contributed by atoms with Gasteiger partial charge in [-0.25, -0.2) is 4.39 Å². The fourth-order valence-corrected chi connectivity index (χ4v) is 6.61. The van der Waals surface area contributed by atoms with Crippen molar-refractivity contribution in [2.24, 2.45) is 0 Å². The number of halogens is 1. The van der Waals surface area contributed by atoms with Crippen LogP contribution in [0.15, 0.2) is 54.6 Å². The van der Waals surface area contributed by atoms with Gasteiger partial charge in [-0.3, -0.25) is 20.4 Å². The molecule has 2 heterocycles. The summed E-state index contributed by atoms with van der Waals surface area (Å²) in [6, 6.07) is 15.5. The summed E-state index contributed by atoms with van der Waals surface area (Å²) in [5.41, 5.74) is 8.59. The lowest BCUT2D eigenvalue weighted by atomic mass is 10.2. The van der Waals surface area contributed by atoms with Crippen molar-refractivity contribution in [1.82, 2.24) is 15.4 Å². The SMILES string of the molecule is Cc1cc(C(=O)NNC(=O)COc2ccccc2C2SCCS2)c(C)n1-c1ccc(F)cc1. The standard InChI is InChI=1S/C24H24FN3O3S2/c1-15-13-20(16(2)28(15)18-9-7-17(25)8-10-18)23(30)27-26-22(29)14-31-21-6-4-3-5-19(21)24-32-11-12-33-24/h3-10,13,24H,11-12,14H2,1-2H3,(H,26,29)(H,27,30). The summed E-state index contributed by atoms with van der Waals surface area (Å²) in [5, 5.41) is 0. The Morgan fingerprint density at radius 1 is 1.06 bits per heavy atom. The highest BCUT2D eigenvalue weighted by Crippen LogP contribution is 2.48. The van der Waals surface area contributed by atoms with Gasteiger partial charge in [-0.1, -0.05) is 18.2 Å². The van der Waals surface area contributed by atoms with Crippen molar-refractivity contribution in [3.8, 4) is 11.4 Å². The van der Waals surface area contributed by atoms with Crippen LogP contribution in [0.1, 0.15) is 31.9 Å². The molecule has 0 atom stereocenters. The Labute approximate surface area is 200 Å². The van der Waals surface area contributed by atoms with E-state index in [1.165, 1.54) is 12.1 Å². The summed E-state index contributed by atoms with van der Waals surface area (Å²) in [7, 11) is 0. The normalized spacial score (nSPS) is 13.7. The van der Waals surface area contributed by atoms with E-state index < -0.39 is 11.8 Å². The van der Waals surface area contributed by atoms with Crippen LogP contribution >= 0.6 is 23.5 Å². The second-order valence-corrected chi connectivity index (χ2v) is 10.2. The van der Waals surface area contributed by atoms with Crippen molar-refractivity contribution in [2.45, 2.75) is 18.4 Å². The van der Waals surface area contributed by atoms with Crippen LogP contribution in [0, 0.1) is 19.7 Å². The molecule has 33 heavy (non-hydrogen) atoms. The molecule has 2 amide bonds. The van der Waals surface area contributed by atoms with E-state index >= 15 is 0 Å². The van der Waals surface area contributed by atoms with Gasteiger partial charge >= 0.3 is 0 Å². The van der Waals surface area contributed by atoms with E-state index in [4.69, 9.17) is 4.74 Å². The number of carbonyl (C=O) groups is 2. The summed E-state index contributed by atoms with van der Waals surface area (Å²) in [6.45, 7) is 3.44. The average molecular weight is 486 g/mol. The van der Waals surface area contributed by atoms with Gasteiger partial charge in [0.25, 0.3) is 11.8 Å². The zero-order valence-corrected chi connectivity index (χ0v) is 19.9. The fourth-order valence-electron chi connectivity index (χ4n) is 3.70.